The van der Waals surface area contributed by atoms with Crippen molar-refractivity contribution < 1.29 is 9.53 Å². The molecule has 2 aliphatic rings. The van der Waals surface area contributed by atoms with Gasteiger partial charge in [-0.15, -0.1) is 0 Å². The highest BCUT2D eigenvalue weighted by atomic mass is 16.5. The van der Waals surface area contributed by atoms with Crippen LogP contribution < -0.4 is 0 Å². The third kappa shape index (κ3) is 4.07. The predicted octanol–water partition coefficient (Wildman–Crippen LogP) is 3.15. The Morgan fingerprint density at radius 1 is 1.21 bits per heavy atom. The molecule has 1 fully saturated rings. The minimum Gasteiger partial charge on any atom is -0.456 e. The molecule has 2 rings (SSSR count). The van der Waals surface area contributed by atoms with Crippen LogP contribution in [0.4, 0.5) is 0 Å². The van der Waals surface area contributed by atoms with Crippen LogP contribution in [-0.2, 0) is 9.53 Å². The zero-order valence-corrected chi connectivity index (χ0v) is 12.5. The summed E-state index contributed by atoms with van der Waals surface area (Å²) >= 11 is 0. The molecule has 0 bridgehead atoms. The Kier molecular flexibility index (Phi) is 4.67. The van der Waals surface area contributed by atoms with Crippen LogP contribution >= 0.6 is 0 Å². The first-order chi connectivity index (χ1) is 8.97. The average Bonchev–Trinajstić information content (AvgIpc) is 2.39. The molecular weight excluding hydrogens is 238 g/mol. The number of hydrogen-bond acceptors (Lipinski definition) is 3. The van der Waals surface area contributed by atoms with Gasteiger partial charge < -0.3 is 4.74 Å². The summed E-state index contributed by atoms with van der Waals surface area (Å²) in [6, 6.07) is 0.689. The van der Waals surface area contributed by atoms with E-state index in [0.29, 0.717) is 6.04 Å². The van der Waals surface area contributed by atoms with E-state index < -0.39 is 5.41 Å². The normalized spacial score (nSPS) is 26.4. The summed E-state index contributed by atoms with van der Waals surface area (Å²) in [4.78, 5) is 14.4. The van der Waals surface area contributed by atoms with Crippen LogP contribution in [0.15, 0.2) is 12.2 Å². The fourth-order valence-electron chi connectivity index (χ4n) is 2.85. The Morgan fingerprint density at radius 3 is 2.53 bits per heavy atom. The molecule has 0 radical (unpaired) electrons. The summed E-state index contributed by atoms with van der Waals surface area (Å²) < 4.78 is 5.61. The first-order valence-corrected chi connectivity index (χ1v) is 7.58. The molecule has 0 N–H and O–H groups in total. The molecule has 19 heavy (non-hydrogen) atoms. The number of esters is 1. The van der Waals surface area contributed by atoms with Crippen molar-refractivity contribution in [3.05, 3.63) is 12.2 Å². The van der Waals surface area contributed by atoms with E-state index in [2.05, 4.69) is 11.0 Å². The molecule has 1 aliphatic carbocycles. The Bertz CT molecular complexity index is 337. The van der Waals surface area contributed by atoms with Gasteiger partial charge in [-0.1, -0.05) is 25.3 Å². The summed E-state index contributed by atoms with van der Waals surface area (Å²) in [5.74, 6) is -0.104. The van der Waals surface area contributed by atoms with Crippen molar-refractivity contribution in [1.82, 2.24) is 4.90 Å². The smallest absolute Gasteiger partial charge is 0.311 e. The van der Waals surface area contributed by atoms with E-state index in [4.69, 9.17) is 4.74 Å². The van der Waals surface area contributed by atoms with Gasteiger partial charge in [-0.3, -0.25) is 9.69 Å². The molecule has 1 aliphatic heterocycles. The van der Waals surface area contributed by atoms with Crippen molar-refractivity contribution >= 4 is 5.97 Å². The van der Waals surface area contributed by atoms with Gasteiger partial charge in [0, 0.05) is 19.1 Å². The largest absolute Gasteiger partial charge is 0.456 e. The third-order valence-electron chi connectivity index (χ3n) is 4.07. The molecule has 0 saturated heterocycles. The van der Waals surface area contributed by atoms with Crippen molar-refractivity contribution in [1.29, 1.82) is 0 Å². The van der Waals surface area contributed by atoms with Crippen LogP contribution in [0.5, 0.6) is 0 Å². The SMILES string of the molecule is CC(C)(C)C(=O)O[C@H]1C=CCN(C2CCCCC2)C1. The molecule has 1 atom stereocenters. The number of carbonyl (C=O) groups is 1. The van der Waals surface area contributed by atoms with Crippen molar-refractivity contribution in [3.8, 4) is 0 Å². The quantitative estimate of drug-likeness (QED) is 0.567. The zero-order valence-electron chi connectivity index (χ0n) is 12.5. The van der Waals surface area contributed by atoms with Crippen LogP contribution in [0.2, 0.25) is 0 Å². The molecule has 3 heteroatoms. The lowest BCUT2D eigenvalue weighted by Crippen LogP contribution is -2.45. The zero-order chi connectivity index (χ0) is 13.9. The summed E-state index contributed by atoms with van der Waals surface area (Å²) in [5, 5.41) is 0. The van der Waals surface area contributed by atoms with Crippen molar-refractivity contribution in [3.63, 3.8) is 0 Å². The lowest BCUT2D eigenvalue weighted by atomic mass is 9.93. The van der Waals surface area contributed by atoms with Gasteiger partial charge in [0.1, 0.15) is 6.10 Å². The molecule has 0 aromatic heterocycles. The lowest BCUT2D eigenvalue weighted by molar-refractivity contribution is -0.157. The van der Waals surface area contributed by atoms with Gasteiger partial charge in [-0.25, -0.2) is 0 Å². The van der Waals surface area contributed by atoms with Gasteiger partial charge in [0.25, 0.3) is 0 Å². The van der Waals surface area contributed by atoms with E-state index in [-0.39, 0.29) is 12.1 Å². The monoisotopic (exact) mass is 265 g/mol. The Labute approximate surface area is 117 Å². The number of hydrogen-bond donors (Lipinski definition) is 0. The molecule has 0 aromatic carbocycles. The standard InChI is InChI=1S/C16H27NO2/c1-16(2,3)15(18)19-14-10-7-11-17(12-14)13-8-5-4-6-9-13/h7,10,13-14H,4-6,8-9,11-12H2,1-3H3/t14-/m0/s1. The van der Waals surface area contributed by atoms with E-state index in [0.717, 1.165) is 13.1 Å². The lowest BCUT2D eigenvalue weighted by Gasteiger charge is -2.37. The van der Waals surface area contributed by atoms with E-state index in [1.807, 2.05) is 26.8 Å². The second-order valence-electron chi connectivity index (χ2n) is 6.87. The highest BCUT2D eigenvalue weighted by Crippen LogP contribution is 2.25. The highest BCUT2D eigenvalue weighted by molar-refractivity contribution is 5.75. The molecule has 1 saturated carbocycles. The molecule has 108 valence electrons. The van der Waals surface area contributed by atoms with E-state index in [9.17, 15) is 4.79 Å². The van der Waals surface area contributed by atoms with Gasteiger partial charge in [0.15, 0.2) is 0 Å². The number of nitrogens with zero attached hydrogens (tertiary/aromatic N) is 1. The summed E-state index contributed by atoms with van der Waals surface area (Å²) in [6.45, 7) is 7.58. The molecule has 0 aromatic rings. The summed E-state index contributed by atoms with van der Waals surface area (Å²) in [7, 11) is 0. The second kappa shape index (κ2) is 6.08. The van der Waals surface area contributed by atoms with Crippen molar-refractivity contribution in [2.75, 3.05) is 13.1 Å². The summed E-state index contributed by atoms with van der Waals surface area (Å²) in [5.41, 5.74) is -0.416. The topological polar surface area (TPSA) is 29.5 Å². The molecule has 3 nitrogen and oxygen atoms in total. The number of rotatable bonds is 2. The molecule has 0 unspecified atom stereocenters. The maximum atomic E-state index is 11.9. The van der Waals surface area contributed by atoms with Crippen molar-refractivity contribution in [2.24, 2.45) is 5.41 Å². The molecule has 0 amide bonds. The predicted molar refractivity (Wildman–Crippen MR) is 76.9 cm³/mol. The minimum atomic E-state index is -0.416. The average molecular weight is 265 g/mol. The first-order valence-electron chi connectivity index (χ1n) is 7.58. The molecule has 1 heterocycles. The number of ether oxygens (including phenoxy) is 1. The van der Waals surface area contributed by atoms with Gasteiger partial charge >= 0.3 is 5.97 Å². The van der Waals surface area contributed by atoms with Gasteiger partial charge in [-0.05, 0) is 39.7 Å². The second-order valence-corrected chi connectivity index (χ2v) is 6.87. The number of carbonyl (C=O) groups excluding carboxylic acids is 1. The summed E-state index contributed by atoms with van der Waals surface area (Å²) in [6.07, 6.45) is 10.8. The Balaban J connectivity index is 1.88. The fraction of sp³-hybridized carbons (Fsp3) is 0.812. The van der Waals surface area contributed by atoms with Crippen LogP contribution in [-0.4, -0.2) is 36.1 Å². The Morgan fingerprint density at radius 2 is 1.89 bits per heavy atom. The molecule has 0 spiro atoms. The van der Waals surface area contributed by atoms with E-state index in [1.165, 1.54) is 32.1 Å². The van der Waals surface area contributed by atoms with E-state index >= 15 is 0 Å². The highest BCUT2D eigenvalue weighted by Gasteiger charge is 2.29. The van der Waals surface area contributed by atoms with Gasteiger partial charge in [-0.2, -0.15) is 0 Å². The maximum absolute atomic E-state index is 11.9. The van der Waals surface area contributed by atoms with Gasteiger partial charge in [0.05, 0.1) is 5.41 Å². The van der Waals surface area contributed by atoms with Gasteiger partial charge in [0.2, 0.25) is 0 Å². The van der Waals surface area contributed by atoms with Crippen molar-refractivity contribution in [2.45, 2.75) is 65.0 Å². The minimum absolute atomic E-state index is 0.0672. The van der Waals surface area contributed by atoms with Crippen LogP contribution in [0.3, 0.4) is 0 Å². The first kappa shape index (κ1) is 14.6. The van der Waals surface area contributed by atoms with Crippen LogP contribution in [0.25, 0.3) is 0 Å². The Hall–Kier alpha value is -0.830. The fourth-order valence-corrected chi connectivity index (χ4v) is 2.85. The van der Waals surface area contributed by atoms with E-state index in [1.54, 1.807) is 0 Å². The third-order valence-corrected chi connectivity index (χ3v) is 4.07. The van der Waals surface area contributed by atoms with Crippen LogP contribution in [0.1, 0.15) is 52.9 Å². The maximum Gasteiger partial charge on any atom is 0.311 e. The van der Waals surface area contributed by atoms with Crippen LogP contribution in [0, 0.1) is 5.41 Å². The molecular formula is C16H27NO2.